The molecule has 1 aromatic carbocycles. The van der Waals surface area contributed by atoms with Crippen LogP contribution >= 0.6 is 27.3 Å². The number of carbonyl (C=O) groups excluding carboxylic acids is 1. The summed E-state index contributed by atoms with van der Waals surface area (Å²) in [6.07, 6.45) is -1.69. The van der Waals surface area contributed by atoms with Gasteiger partial charge in [0.05, 0.1) is 11.7 Å². The van der Waals surface area contributed by atoms with E-state index in [1.807, 2.05) is 0 Å². The summed E-state index contributed by atoms with van der Waals surface area (Å²) in [5.41, 5.74) is -0.991. The van der Waals surface area contributed by atoms with Gasteiger partial charge in [-0.2, -0.15) is 0 Å². The number of benzene rings is 1. The molecule has 1 unspecified atom stereocenters. The molecule has 0 bridgehead atoms. The quantitative estimate of drug-likeness (QED) is 0.504. The Morgan fingerprint density at radius 2 is 2.15 bits per heavy atom. The molecule has 0 aliphatic carbocycles. The van der Waals surface area contributed by atoms with Gasteiger partial charge in [-0.3, -0.25) is 9.89 Å². The summed E-state index contributed by atoms with van der Waals surface area (Å²) in [4.78, 5) is 23.8. The van der Waals surface area contributed by atoms with E-state index in [1.165, 1.54) is 29.5 Å². The van der Waals surface area contributed by atoms with Gasteiger partial charge < -0.3 is 15.2 Å². The van der Waals surface area contributed by atoms with Crippen molar-refractivity contribution >= 4 is 39.1 Å². The molecule has 1 fully saturated rings. The summed E-state index contributed by atoms with van der Waals surface area (Å²) < 4.78 is 46.0. The Kier molecular flexibility index (Phi) is 7.13. The lowest BCUT2D eigenvalue weighted by atomic mass is 9.92. The van der Waals surface area contributed by atoms with Gasteiger partial charge in [0.2, 0.25) is 0 Å². The highest BCUT2D eigenvalue weighted by atomic mass is 79.9. The van der Waals surface area contributed by atoms with Crippen LogP contribution in [-0.2, 0) is 9.53 Å². The summed E-state index contributed by atoms with van der Waals surface area (Å²) in [6.45, 7) is 2.98. The third-order valence-electron chi connectivity index (χ3n) is 5.36. The molecule has 1 aromatic heterocycles. The molecule has 0 spiro atoms. The highest BCUT2D eigenvalue weighted by Crippen LogP contribution is 2.38. The van der Waals surface area contributed by atoms with Crippen LogP contribution in [0.2, 0.25) is 0 Å². The summed E-state index contributed by atoms with van der Waals surface area (Å²) in [6, 6.07) is 3.20. The first-order valence-electron chi connectivity index (χ1n) is 10.4. The molecule has 4 rings (SSSR count). The van der Waals surface area contributed by atoms with E-state index in [9.17, 15) is 23.1 Å². The van der Waals surface area contributed by atoms with Crippen LogP contribution < -0.4 is 5.32 Å². The zero-order valence-electron chi connectivity index (χ0n) is 18.3. The minimum absolute atomic E-state index is 0.0667. The van der Waals surface area contributed by atoms with Crippen LogP contribution in [0.1, 0.15) is 30.5 Å². The molecule has 2 aliphatic rings. The van der Waals surface area contributed by atoms with Gasteiger partial charge in [0.15, 0.2) is 16.4 Å². The van der Waals surface area contributed by atoms with E-state index in [-0.39, 0.29) is 25.2 Å². The van der Waals surface area contributed by atoms with Gasteiger partial charge in [-0.15, -0.1) is 11.3 Å². The first-order chi connectivity index (χ1) is 16.1. The molecule has 2 aromatic rings. The number of alkyl halides is 2. The molecule has 1 atom stereocenters. The molecule has 0 saturated carbocycles. The Morgan fingerprint density at radius 3 is 2.74 bits per heavy atom. The van der Waals surface area contributed by atoms with Crippen LogP contribution in [0.5, 0.6) is 0 Å². The fourth-order valence-corrected chi connectivity index (χ4v) is 4.99. The molecular formula is C22H22BrF3N4O3S. The number of hydrogen-bond acceptors (Lipinski definition) is 8. The van der Waals surface area contributed by atoms with Crippen LogP contribution in [0.25, 0.3) is 0 Å². The van der Waals surface area contributed by atoms with Gasteiger partial charge in [-0.05, 0) is 31.5 Å². The maximum absolute atomic E-state index is 13.8. The average Bonchev–Trinajstić information content (AvgIpc) is 3.26. The summed E-state index contributed by atoms with van der Waals surface area (Å²) in [5.74, 6) is -0.710. The molecule has 0 amide bonds. The van der Waals surface area contributed by atoms with Crippen LogP contribution in [0, 0.1) is 5.82 Å². The van der Waals surface area contributed by atoms with Crippen molar-refractivity contribution in [1.82, 2.24) is 15.2 Å². The zero-order valence-corrected chi connectivity index (χ0v) is 20.7. The third-order valence-corrected chi connectivity index (χ3v) is 6.83. The normalized spacial score (nSPS) is 20.3. The first-order valence-corrected chi connectivity index (χ1v) is 12.1. The molecule has 182 valence electrons. The highest BCUT2D eigenvalue weighted by Gasteiger charge is 2.49. The number of nitrogens with one attached hydrogen (secondary N) is 1. The maximum atomic E-state index is 13.8. The van der Waals surface area contributed by atoms with E-state index < -0.39 is 36.0 Å². The Labute approximate surface area is 206 Å². The van der Waals surface area contributed by atoms with Crippen molar-refractivity contribution in [2.75, 3.05) is 19.6 Å². The summed E-state index contributed by atoms with van der Waals surface area (Å²) in [5, 5.41) is 15.4. The average molecular weight is 559 g/mol. The van der Waals surface area contributed by atoms with E-state index in [0.717, 1.165) is 0 Å². The van der Waals surface area contributed by atoms with Gasteiger partial charge in [0.1, 0.15) is 11.9 Å². The predicted octanol–water partition coefficient (Wildman–Crippen LogP) is 3.65. The number of aliphatic imine (C=N–C) groups is 1. The lowest BCUT2D eigenvalue weighted by Gasteiger charge is -2.46. The van der Waals surface area contributed by atoms with Crippen LogP contribution in [-0.4, -0.2) is 64.6 Å². The fourth-order valence-electron chi connectivity index (χ4n) is 3.84. The first kappa shape index (κ1) is 24.8. The third kappa shape index (κ3) is 5.04. The Morgan fingerprint density at radius 1 is 1.41 bits per heavy atom. The van der Waals surface area contributed by atoms with E-state index in [4.69, 9.17) is 9.73 Å². The number of halogens is 4. The van der Waals surface area contributed by atoms with E-state index in [2.05, 4.69) is 26.2 Å². The number of β-amino-alcohol motifs (C(OH)–C–C–N with tert-alkyl or cyclic N) is 1. The van der Waals surface area contributed by atoms with Gasteiger partial charge in [-0.1, -0.05) is 22.0 Å². The van der Waals surface area contributed by atoms with E-state index in [0.29, 0.717) is 26.6 Å². The van der Waals surface area contributed by atoms with E-state index >= 15 is 0 Å². The Hall–Kier alpha value is -2.28. The molecule has 0 radical (unpaired) electrons. The highest BCUT2D eigenvalue weighted by molar-refractivity contribution is 9.10. The number of thiazole rings is 1. The number of hydrogen-bond donors (Lipinski definition) is 2. The van der Waals surface area contributed by atoms with Crippen LogP contribution in [0.3, 0.4) is 0 Å². The molecule has 2 N–H and O–H groups in total. The van der Waals surface area contributed by atoms with E-state index in [1.54, 1.807) is 30.3 Å². The number of aliphatic hydroxyl groups is 1. The molecule has 34 heavy (non-hydrogen) atoms. The minimum Gasteiger partial charge on any atom is -0.459 e. The molecular weight excluding hydrogens is 537 g/mol. The SMILES string of the molecule is CC(C)OC(=O)C1=C(CN2CC(O)(C(F)F)C2)NC(c2nccs2)=NC1c1ccc(F)cc1Br. The van der Waals surface area contributed by atoms with Crippen molar-refractivity contribution in [1.29, 1.82) is 0 Å². The number of nitrogens with zero attached hydrogens (tertiary/aromatic N) is 3. The molecule has 12 heteroatoms. The second kappa shape index (κ2) is 9.76. The summed E-state index contributed by atoms with van der Waals surface area (Å²) in [7, 11) is 0. The second-order valence-corrected chi connectivity index (χ2v) is 10.2. The van der Waals surface area contributed by atoms with Crippen molar-refractivity contribution in [3.05, 3.63) is 61.9 Å². The second-order valence-electron chi connectivity index (χ2n) is 8.40. The number of esters is 1. The number of carbonyl (C=O) groups is 1. The standard InChI is InChI=1S/C22H22BrF3N4O3S/c1-11(2)33-20(31)16-15(8-30-9-22(32,10-30)21(25)26)28-18(19-27-5-6-34-19)29-17(16)13-4-3-12(24)7-14(13)23/h3-7,11,17,21,32H,8-10H2,1-2H3,(H,28,29). The Balaban J connectivity index is 1.78. The van der Waals surface area contributed by atoms with Crippen LogP contribution in [0.4, 0.5) is 13.2 Å². The molecule has 7 nitrogen and oxygen atoms in total. The van der Waals surface area contributed by atoms with Gasteiger partial charge in [0, 0.05) is 41.4 Å². The lowest BCUT2D eigenvalue weighted by Crippen LogP contribution is -2.66. The largest absolute Gasteiger partial charge is 0.459 e. The smallest absolute Gasteiger partial charge is 0.338 e. The number of likely N-dealkylation sites (tertiary alicyclic amines) is 1. The predicted molar refractivity (Wildman–Crippen MR) is 124 cm³/mol. The van der Waals surface area contributed by atoms with Crippen molar-refractivity contribution in [3.8, 4) is 0 Å². The number of aromatic nitrogens is 1. The van der Waals surface area contributed by atoms with Crippen LogP contribution in [0.15, 0.2) is 50.5 Å². The van der Waals surface area contributed by atoms with Crippen molar-refractivity contribution in [2.24, 2.45) is 4.99 Å². The molecule has 2 aliphatic heterocycles. The van der Waals surface area contributed by atoms with Gasteiger partial charge in [0.25, 0.3) is 6.43 Å². The zero-order chi connectivity index (χ0) is 24.6. The monoisotopic (exact) mass is 558 g/mol. The van der Waals surface area contributed by atoms with Crippen molar-refractivity contribution in [2.45, 2.75) is 38.0 Å². The van der Waals surface area contributed by atoms with Crippen molar-refractivity contribution in [3.63, 3.8) is 0 Å². The fraction of sp³-hybridized carbons (Fsp3) is 0.409. The minimum atomic E-state index is -2.88. The van der Waals surface area contributed by atoms with Gasteiger partial charge >= 0.3 is 5.97 Å². The lowest BCUT2D eigenvalue weighted by molar-refractivity contribution is -0.177. The molecule has 3 heterocycles. The number of ether oxygens (including phenoxy) is 1. The van der Waals surface area contributed by atoms with Gasteiger partial charge in [-0.25, -0.2) is 22.9 Å². The maximum Gasteiger partial charge on any atom is 0.338 e. The van der Waals surface area contributed by atoms with Crippen molar-refractivity contribution < 1.29 is 27.8 Å². The number of amidine groups is 1. The molecule has 1 saturated heterocycles. The Bertz CT molecular complexity index is 1130. The topological polar surface area (TPSA) is 87.0 Å². The number of rotatable bonds is 7. The summed E-state index contributed by atoms with van der Waals surface area (Å²) >= 11 is 4.69.